The normalized spacial score (nSPS) is 32.8. The number of rotatable bonds is 13. The number of carboxylic acid groups (broad SMARTS) is 1. The number of nitrogens with zero attached hydrogens (tertiary/aromatic N) is 2. The maximum atomic E-state index is 12.9. The Labute approximate surface area is 243 Å². The van der Waals surface area contributed by atoms with E-state index in [4.69, 9.17) is 30.7 Å². The summed E-state index contributed by atoms with van der Waals surface area (Å²) >= 11 is 0. The van der Waals surface area contributed by atoms with Crippen molar-refractivity contribution >= 4 is 25.5 Å². The van der Waals surface area contributed by atoms with Gasteiger partial charge in [-0.15, -0.1) is 12.3 Å². The predicted octanol–water partition coefficient (Wildman–Crippen LogP) is -3.85. The molecule has 10 N–H and O–H groups in total. The molecule has 19 nitrogen and oxygen atoms in total. The molecule has 2 fully saturated rings. The number of aliphatic hydroxyl groups excluding tert-OH is 5. The monoisotopic (exact) mass is 636 g/mol. The van der Waals surface area contributed by atoms with Crippen LogP contribution in [0.1, 0.15) is 31.9 Å². The van der Waals surface area contributed by atoms with Crippen LogP contribution in [0.4, 0.5) is 5.82 Å². The zero-order valence-corrected chi connectivity index (χ0v) is 23.3. The lowest BCUT2D eigenvalue weighted by atomic mass is 9.90. The highest BCUT2D eigenvalue weighted by Gasteiger charge is 2.57. The van der Waals surface area contributed by atoms with Crippen molar-refractivity contribution in [3.05, 3.63) is 22.7 Å². The number of hydrogen-bond donors (Lipinski definition) is 9. The number of carboxylic acids is 1. The number of nitrogens with one attached hydrogen (secondary N) is 1. The summed E-state index contributed by atoms with van der Waals surface area (Å²) < 4.78 is 34.2. The number of nitrogens with two attached hydrogens (primary N) is 1. The Morgan fingerprint density at radius 3 is 2.63 bits per heavy atom. The number of ether oxygens (including phenoxy) is 2. The minimum absolute atomic E-state index is 0.0391. The highest BCUT2D eigenvalue weighted by Crippen LogP contribution is 2.51. The largest absolute Gasteiger partial charge is 0.477 e. The number of phosphoric ester groups is 1. The maximum Gasteiger partial charge on any atom is 0.475 e. The van der Waals surface area contributed by atoms with Crippen molar-refractivity contribution in [2.24, 2.45) is 0 Å². The summed E-state index contributed by atoms with van der Waals surface area (Å²) in [5.41, 5.74) is 4.49. The van der Waals surface area contributed by atoms with E-state index in [1.54, 1.807) is 0 Å². The average Bonchev–Trinajstić information content (AvgIpc) is 3.20. The van der Waals surface area contributed by atoms with E-state index in [2.05, 4.69) is 16.2 Å². The number of aliphatic carboxylic acids is 1. The predicted molar refractivity (Wildman–Crippen MR) is 139 cm³/mol. The zero-order chi connectivity index (χ0) is 32.1. The Morgan fingerprint density at radius 1 is 1.33 bits per heavy atom. The molecule has 0 aromatic carbocycles. The molecule has 240 valence electrons. The van der Waals surface area contributed by atoms with Crippen molar-refractivity contribution in [1.82, 2.24) is 14.9 Å². The highest BCUT2D eigenvalue weighted by molar-refractivity contribution is 7.47. The van der Waals surface area contributed by atoms with Gasteiger partial charge in [0.2, 0.25) is 5.91 Å². The van der Waals surface area contributed by atoms with E-state index in [0.717, 1.165) is 10.8 Å². The summed E-state index contributed by atoms with van der Waals surface area (Å²) in [6, 6.07) is -0.138. The quantitative estimate of drug-likeness (QED) is 0.0739. The molecule has 1 amide bonds. The molecule has 2 aliphatic rings. The van der Waals surface area contributed by atoms with Gasteiger partial charge in [-0.2, -0.15) is 4.98 Å². The second-order valence-electron chi connectivity index (χ2n) is 9.80. The molecule has 0 radical (unpaired) electrons. The van der Waals surface area contributed by atoms with Crippen LogP contribution in [0, 0.1) is 12.3 Å². The molecule has 2 saturated heterocycles. The maximum absolute atomic E-state index is 12.9. The summed E-state index contributed by atoms with van der Waals surface area (Å²) in [4.78, 5) is 50.5. The van der Waals surface area contributed by atoms with Crippen molar-refractivity contribution in [3.8, 4) is 12.3 Å². The lowest BCUT2D eigenvalue weighted by Gasteiger charge is -2.45. The molecular formula is C23H33N4O15P. The number of aliphatic hydroxyl groups is 5. The fraction of sp³-hybridized carbons (Fsp3) is 0.652. The second kappa shape index (κ2) is 14.2. The van der Waals surface area contributed by atoms with Crippen LogP contribution in [-0.2, 0) is 32.7 Å². The second-order valence-corrected chi connectivity index (χ2v) is 11.2. The fourth-order valence-electron chi connectivity index (χ4n) is 4.52. The van der Waals surface area contributed by atoms with Crippen LogP contribution in [0.2, 0.25) is 0 Å². The molecule has 0 spiro atoms. The molecule has 0 saturated carbocycles. The smallest absolute Gasteiger partial charge is 0.475 e. The number of aromatic nitrogens is 2. The summed E-state index contributed by atoms with van der Waals surface area (Å²) in [5, 5.41) is 63.0. The number of carbonyl (C=O) groups is 2. The molecular weight excluding hydrogens is 603 g/mol. The summed E-state index contributed by atoms with van der Waals surface area (Å²) in [6.45, 7) is -1.79. The Hall–Kier alpha value is -2.99. The van der Waals surface area contributed by atoms with Crippen LogP contribution in [0.25, 0.3) is 0 Å². The lowest BCUT2D eigenvalue weighted by molar-refractivity contribution is -0.273. The summed E-state index contributed by atoms with van der Waals surface area (Å²) in [5.74, 6) is -3.59. The van der Waals surface area contributed by atoms with Gasteiger partial charge in [-0.3, -0.25) is 13.9 Å². The first-order valence-electron chi connectivity index (χ1n) is 12.8. The first kappa shape index (κ1) is 34.5. The summed E-state index contributed by atoms with van der Waals surface area (Å²) in [6.07, 6.45) is -6.83. The van der Waals surface area contributed by atoms with Crippen LogP contribution in [-0.4, -0.2) is 119 Å². The van der Waals surface area contributed by atoms with Crippen molar-refractivity contribution in [3.63, 3.8) is 0 Å². The van der Waals surface area contributed by atoms with Crippen molar-refractivity contribution in [2.45, 2.75) is 80.4 Å². The third-order valence-corrected chi connectivity index (χ3v) is 7.63. The topological polar surface area (TPSA) is 303 Å². The first-order chi connectivity index (χ1) is 20.1. The van der Waals surface area contributed by atoms with Crippen LogP contribution in [0.5, 0.6) is 0 Å². The number of hydrogen-bond acceptors (Lipinski definition) is 15. The Bertz CT molecular complexity index is 1310. The number of carbonyl (C=O) groups excluding carboxylic acids is 1. The van der Waals surface area contributed by atoms with Gasteiger partial charge in [-0.05, 0) is 6.07 Å². The van der Waals surface area contributed by atoms with E-state index in [1.165, 1.54) is 6.07 Å². The molecule has 1 aromatic rings. The van der Waals surface area contributed by atoms with E-state index >= 15 is 0 Å². The third-order valence-electron chi connectivity index (χ3n) is 6.63. The van der Waals surface area contributed by atoms with Gasteiger partial charge in [0.05, 0.1) is 37.6 Å². The van der Waals surface area contributed by atoms with Crippen LogP contribution >= 0.6 is 7.82 Å². The minimum Gasteiger partial charge on any atom is -0.477 e. The molecule has 3 rings (SSSR count). The van der Waals surface area contributed by atoms with Crippen LogP contribution in [0.15, 0.2) is 17.1 Å². The van der Waals surface area contributed by atoms with Gasteiger partial charge in [-0.25, -0.2) is 18.7 Å². The van der Waals surface area contributed by atoms with Gasteiger partial charge in [0.25, 0.3) is 5.79 Å². The highest BCUT2D eigenvalue weighted by atomic mass is 31.2. The Morgan fingerprint density at radius 2 is 2.02 bits per heavy atom. The Kier molecular flexibility index (Phi) is 11.4. The van der Waals surface area contributed by atoms with E-state index in [-0.39, 0.29) is 18.7 Å². The molecule has 10 atom stereocenters. The number of terminal acetylenes is 1. The van der Waals surface area contributed by atoms with Crippen LogP contribution < -0.4 is 16.7 Å². The molecule has 2 aliphatic heterocycles. The zero-order valence-electron chi connectivity index (χ0n) is 22.4. The van der Waals surface area contributed by atoms with Gasteiger partial charge in [0, 0.05) is 31.9 Å². The van der Waals surface area contributed by atoms with Crippen LogP contribution in [0.3, 0.4) is 0 Å². The minimum atomic E-state index is -5.45. The van der Waals surface area contributed by atoms with E-state index in [1.807, 2.05) is 0 Å². The van der Waals surface area contributed by atoms with Crippen molar-refractivity contribution < 1.29 is 68.2 Å². The fourth-order valence-corrected chi connectivity index (χ4v) is 5.47. The van der Waals surface area contributed by atoms with Gasteiger partial charge < -0.3 is 56.1 Å². The van der Waals surface area contributed by atoms with E-state index in [0.29, 0.717) is 0 Å². The Balaban J connectivity index is 1.75. The van der Waals surface area contributed by atoms with E-state index in [9.17, 15) is 54.5 Å². The number of phosphoric acid groups is 1. The van der Waals surface area contributed by atoms with Gasteiger partial charge >= 0.3 is 19.5 Å². The lowest BCUT2D eigenvalue weighted by Crippen LogP contribution is -2.64. The average molecular weight is 637 g/mol. The molecule has 1 aromatic heterocycles. The van der Waals surface area contributed by atoms with Crippen molar-refractivity contribution in [2.75, 3.05) is 18.9 Å². The molecule has 3 heterocycles. The van der Waals surface area contributed by atoms with E-state index < -0.39 is 106 Å². The molecule has 0 aliphatic carbocycles. The molecule has 43 heavy (non-hydrogen) atoms. The number of nitrogen functional groups attached to an aromatic ring is 1. The van der Waals surface area contributed by atoms with Gasteiger partial charge in [0.15, 0.2) is 6.23 Å². The standard InChI is InChI=1S/C23H33N4O15P/c1-2-3-4-16(31)26-17-12(30)8-23(21(34)35,41-13(17)7-11(29)9-28)42-43(37,38)39-10-14-18(32)19(33)20(40-14)27-6-5-15(24)25-22(27)36/h1,5-6,11-14,17-20,28-30,32-33H,3-4,7-10H2,(H,26,31)(H,34,35)(H,37,38)(H2,24,25,36)/t11-,12+,13?,14?,17?,18?,19?,20?,23+/m0/s1. The van der Waals surface area contributed by atoms with Crippen molar-refractivity contribution in [1.29, 1.82) is 0 Å². The number of anilines is 1. The SMILES string of the molecule is C#CCCC(=O)NC1C(C[C@H](O)CO)O[C@](OP(=O)(O)OCC2OC(n3ccc(N)nc3=O)C(O)C2O)(C(=O)O)C[C@H]1O. The number of amides is 1. The third kappa shape index (κ3) is 8.35. The molecule has 7 unspecified atom stereocenters. The van der Waals surface area contributed by atoms with Gasteiger partial charge in [-0.1, -0.05) is 0 Å². The summed E-state index contributed by atoms with van der Waals surface area (Å²) in [7, 11) is -5.45. The molecule has 20 heteroatoms. The first-order valence-corrected chi connectivity index (χ1v) is 14.3. The van der Waals surface area contributed by atoms with Gasteiger partial charge in [0.1, 0.15) is 24.1 Å². The molecule has 0 bridgehead atoms.